The van der Waals surface area contributed by atoms with Gasteiger partial charge < -0.3 is 9.72 Å². The molecular formula is C9H7FN2O2. The maximum atomic E-state index is 12.8. The second-order valence-corrected chi connectivity index (χ2v) is 2.74. The Kier molecular flexibility index (Phi) is 1.92. The number of hydrogen-bond donors (Lipinski definition) is 1. The molecule has 0 amide bonds. The van der Waals surface area contributed by atoms with Crippen molar-refractivity contribution in [3.63, 3.8) is 0 Å². The van der Waals surface area contributed by atoms with E-state index >= 15 is 0 Å². The van der Waals surface area contributed by atoms with Crippen molar-refractivity contribution in [1.82, 2.24) is 9.97 Å². The lowest BCUT2D eigenvalue weighted by molar-refractivity contribution is 0.0588. The zero-order valence-electron chi connectivity index (χ0n) is 7.37. The Hall–Kier alpha value is -1.91. The number of nitrogens with one attached hydrogen (secondary N) is 1. The van der Waals surface area contributed by atoms with Crippen molar-refractivity contribution >= 4 is 17.0 Å². The molecule has 1 N–H and O–H groups in total. The first-order valence-electron chi connectivity index (χ1n) is 3.94. The minimum Gasteiger partial charge on any atom is -0.463 e. The molecule has 14 heavy (non-hydrogen) atoms. The fraction of sp³-hybridized carbons (Fsp3) is 0.111. The molecule has 72 valence electrons. The van der Waals surface area contributed by atoms with Crippen molar-refractivity contribution in [2.24, 2.45) is 0 Å². The number of aromatic amines is 1. The maximum Gasteiger partial charge on any atom is 0.374 e. The molecule has 0 bridgehead atoms. The summed E-state index contributed by atoms with van der Waals surface area (Å²) in [6.45, 7) is 0. The summed E-state index contributed by atoms with van der Waals surface area (Å²) < 4.78 is 17.2. The molecule has 4 nitrogen and oxygen atoms in total. The van der Waals surface area contributed by atoms with Crippen LogP contribution >= 0.6 is 0 Å². The standard InChI is InChI=1S/C9H7FN2O2/c1-14-9(13)8-11-6-3-2-5(10)4-7(6)12-8/h2-4H,1H3,(H,11,12). The number of halogens is 1. The third-order valence-corrected chi connectivity index (χ3v) is 1.82. The zero-order valence-corrected chi connectivity index (χ0v) is 7.37. The molecule has 0 fully saturated rings. The summed E-state index contributed by atoms with van der Waals surface area (Å²) in [4.78, 5) is 17.6. The lowest BCUT2D eigenvalue weighted by Crippen LogP contribution is -2.02. The Bertz CT molecular complexity index is 493. The van der Waals surface area contributed by atoms with E-state index in [4.69, 9.17) is 0 Å². The predicted molar refractivity (Wildman–Crippen MR) is 47.4 cm³/mol. The molecule has 1 aromatic carbocycles. The van der Waals surface area contributed by atoms with Crippen LogP contribution in [0.3, 0.4) is 0 Å². The van der Waals surface area contributed by atoms with E-state index in [-0.39, 0.29) is 11.6 Å². The number of esters is 1. The third-order valence-electron chi connectivity index (χ3n) is 1.82. The highest BCUT2D eigenvalue weighted by Gasteiger charge is 2.11. The van der Waals surface area contributed by atoms with E-state index in [0.717, 1.165) is 0 Å². The lowest BCUT2D eigenvalue weighted by Gasteiger charge is -1.90. The van der Waals surface area contributed by atoms with Crippen LogP contribution in [0.1, 0.15) is 10.6 Å². The highest BCUT2D eigenvalue weighted by atomic mass is 19.1. The molecule has 0 unspecified atom stereocenters. The number of carbonyl (C=O) groups excluding carboxylic acids is 1. The van der Waals surface area contributed by atoms with Crippen LogP contribution in [0.25, 0.3) is 11.0 Å². The van der Waals surface area contributed by atoms with Gasteiger partial charge >= 0.3 is 5.97 Å². The number of carbonyl (C=O) groups is 1. The Labute approximate surface area is 78.7 Å². The van der Waals surface area contributed by atoms with Crippen molar-refractivity contribution in [1.29, 1.82) is 0 Å². The van der Waals surface area contributed by atoms with Gasteiger partial charge in [-0.1, -0.05) is 0 Å². The molecule has 0 spiro atoms. The van der Waals surface area contributed by atoms with E-state index in [0.29, 0.717) is 11.0 Å². The van der Waals surface area contributed by atoms with E-state index in [1.807, 2.05) is 0 Å². The van der Waals surface area contributed by atoms with Crippen molar-refractivity contribution < 1.29 is 13.9 Å². The van der Waals surface area contributed by atoms with E-state index in [2.05, 4.69) is 14.7 Å². The molecular weight excluding hydrogens is 187 g/mol. The molecule has 0 aliphatic heterocycles. The molecule has 0 saturated heterocycles. The van der Waals surface area contributed by atoms with Crippen molar-refractivity contribution in [2.45, 2.75) is 0 Å². The van der Waals surface area contributed by atoms with Gasteiger partial charge in [0.15, 0.2) is 0 Å². The summed E-state index contributed by atoms with van der Waals surface area (Å²) in [7, 11) is 1.26. The molecule has 0 saturated carbocycles. The predicted octanol–water partition coefficient (Wildman–Crippen LogP) is 1.49. The Balaban J connectivity index is 2.56. The number of hydrogen-bond acceptors (Lipinski definition) is 3. The number of H-pyrrole nitrogens is 1. The average Bonchev–Trinajstić information content (AvgIpc) is 2.59. The van der Waals surface area contributed by atoms with Gasteiger partial charge in [-0.15, -0.1) is 0 Å². The van der Waals surface area contributed by atoms with E-state index in [9.17, 15) is 9.18 Å². The molecule has 0 radical (unpaired) electrons. The van der Waals surface area contributed by atoms with Gasteiger partial charge in [0.25, 0.3) is 0 Å². The topological polar surface area (TPSA) is 55.0 Å². The molecule has 2 rings (SSSR count). The minimum absolute atomic E-state index is 0.0769. The first-order valence-corrected chi connectivity index (χ1v) is 3.94. The fourth-order valence-electron chi connectivity index (χ4n) is 1.18. The highest BCUT2D eigenvalue weighted by molar-refractivity contribution is 5.90. The Morgan fingerprint density at radius 3 is 3.07 bits per heavy atom. The van der Waals surface area contributed by atoms with E-state index in [1.165, 1.54) is 25.3 Å². The Morgan fingerprint density at radius 2 is 2.36 bits per heavy atom. The van der Waals surface area contributed by atoms with Crippen LogP contribution < -0.4 is 0 Å². The maximum absolute atomic E-state index is 12.8. The first-order chi connectivity index (χ1) is 6.70. The number of aromatic nitrogens is 2. The highest BCUT2D eigenvalue weighted by Crippen LogP contribution is 2.13. The summed E-state index contributed by atoms with van der Waals surface area (Å²) in [6.07, 6.45) is 0. The number of nitrogens with zero attached hydrogens (tertiary/aromatic N) is 1. The van der Waals surface area contributed by atoms with Crippen molar-refractivity contribution in [3.05, 3.63) is 29.8 Å². The van der Waals surface area contributed by atoms with Gasteiger partial charge in [0.1, 0.15) is 5.82 Å². The number of imidazole rings is 1. The summed E-state index contributed by atoms with van der Waals surface area (Å²) in [5.41, 5.74) is 1.01. The van der Waals surface area contributed by atoms with Gasteiger partial charge in [-0.3, -0.25) is 0 Å². The first kappa shape index (κ1) is 8.68. The molecule has 1 heterocycles. The van der Waals surface area contributed by atoms with Crippen LogP contribution in [-0.4, -0.2) is 23.0 Å². The normalized spacial score (nSPS) is 10.4. The molecule has 0 aliphatic rings. The van der Waals surface area contributed by atoms with Gasteiger partial charge in [-0.05, 0) is 18.2 Å². The van der Waals surface area contributed by atoms with Crippen LogP contribution in [0.15, 0.2) is 18.2 Å². The number of fused-ring (bicyclic) bond motifs is 1. The van der Waals surface area contributed by atoms with E-state index in [1.54, 1.807) is 0 Å². The number of methoxy groups -OCH3 is 1. The number of rotatable bonds is 1. The van der Waals surface area contributed by atoms with Crippen LogP contribution in [0.5, 0.6) is 0 Å². The van der Waals surface area contributed by atoms with Gasteiger partial charge in [-0.2, -0.15) is 0 Å². The lowest BCUT2D eigenvalue weighted by atomic mass is 10.3. The van der Waals surface area contributed by atoms with Gasteiger partial charge in [-0.25, -0.2) is 14.2 Å². The molecule has 2 aromatic rings. The average molecular weight is 194 g/mol. The number of benzene rings is 1. The quantitative estimate of drug-likeness (QED) is 0.699. The van der Waals surface area contributed by atoms with Crippen molar-refractivity contribution in [3.8, 4) is 0 Å². The second kappa shape index (κ2) is 3.10. The van der Waals surface area contributed by atoms with Crippen LogP contribution in [0.2, 0.25) is 0 Å². The zero-order chi connectivity index (χ0) is 10.1. The van der Waals surface area contributed by atoms with Gasteiger partial charge in [0.2, 0.25) is 5.82 Å². The Morgan fingerprint density at radius 1 is 1.57 bits per heavy atom. The van der Waals surface area contributed by atoms with Gasteiger partial charge in [0, 0.05) is 0 Å². The number of ether oxygens (including phenoxy) is 1. The van der Waals surface area contributed by atoms with Crippen LogP contribution in [0.4, 0.5) is 4.39 Å². The fourth-order valence-corrected chi connectivity index (χ4v) is 1.18. The molecule has 1 aromatic heterocycles. The minimum atomic E-state index is -0.568. The van der Waals surface area contributed by atoms with Crippen LogP contribution in [-0.2, 0) is 4.74 Å². The summed E-state index contributed by atoms with van der Waals surface area (Å²) in [5.74, 6) is -0.868. The van der Waals surface area contributed by atoms with Gasteiger partial charge in [0.05, 0.1) is 18.1 Å². The molecule has 0 atom stereocenters. The van der Waals surface area contributed by atoms with Crippen LogP contribution in [0, 0.1) is 5.82 Å². The summed E-state index contributed by atoms with van der Waals surface area (Å²) in [5, 5.41) is 0. The second-order valence-electron chi connectivity index (χ2n) is 2.74. The summed E-state index contributed by atoms with van der Waals surface area (Å²) >= 11 is 0. The van der Waals surface area contributed by atoms with E-state index < -0.39 is 5.97 Å². The SMILES string of the molecule is COC(=O)c1nc2ccc(F)cc2[nH]1. The monoisotopic (exact) mass is 194 g/mol. The molecule has 0 aliphatic carbocycles. The smallest absolute Gasteiger partial charge is 0.374 e. The largest absolute Gasteiger partial charge is 0.463 e. The van der Waals surface area contributed by atoms with Crippen molar-refractivity contribution in [2.75, 3.05) is 7.11 Å². The third kappa shape index (κ3) is 1.32. The summed E-state index contributed by atoms with van der Waals surface area (Å²) in [6, 6.07) is 4.05. The molecule has 5 heteroatoms.